The lowest BCUT2D eigenvalue weighted by atomic mass is 9.93. The lowest BCUT2D eigenvalue weighted by Gasteiger charge is -2.27. The van der Waals surface area contributed by atoms with Gasteiger partial charge in [-0.2, -0.15) is 0 Å². The molecule has 0 amide bonds. The van der Waals surface area contributed by atoms with Crippen LogP contribution in [0.2, 0.25) is 0 Å². The van der Waals surface area contributed by atoms with E-state index in [1.807, 2.05) is 17.0 Å². The highest BCUT2D eigenvalue weighted by Gasteiger charge is 2.23. The zero-order chi connectivity index (χ0) is 18.3. The third-order valence-electron chi connectivity index (χ3n) is 5.84. The molecule has 0 saturated heterocycles. The van der Waals surface area contributed by atoms with Crippen molar-refractivity contribution in [2.45, 2.75) is 58.2 Å². The molecule has 2 N–H and O–H groups in total. The minimum Gasteiger partial charge on any atom is -0.393 e. The van der Waals surface area contributed by atoms with E-state index in [-0.39, 0.29) is 12.1 Å². The van der Waals surface area contributed by atoms with E-state index >= 15 is 0 Å². The number of aryl methyl sites for hydroxylation is 1. The molecule has 0 aliphatic heterocycles. The minimum atomic E-state index is -0.186. The quantitative estimate of drug-likeness (QED) is 0.760. The zero-order valence-electron chi connectivity index (χ0n) is 15.4. The highest BCUT2D eigenvalue weighted by molar-refractivity contribution is 5.80. The van der Waals surface area contributed by atoms with Crippen molar-refractivity contribution in [2.75, 3.05) is 0 Å². The normalized spacial score (nSPS) is 20.6. The molecule has 1 aliphatic rings. The van der Waals surface area contributed by atoms with Crippen LogP contribution in [-0.4, -0.2) is 25.3 Å². The molecule has 0 unspecified atom stereocenters. The van der Waals surface area contributed by atoms with Crippen LogP contribution in [0.5, 0.6) is 0 Å². The van der Waals surface area contributed by atoms with Gasteiger partial charge < -0.3 is 14.2 Å². The summed E-state index contributed by atoms with van der Waals surface area (Å²) < 4.78 is 4.22. The molecule has 2 aromatic heterocycles. The van der Waals surface area contributed by atoms with Crippen molar-refractivity contribution >= 4 is 11.0 Å². The maximum Gasteiger partial charge on any atom is 0.146 e. The second-order valence-corrected chi connectivity index (χ2v) is 7.44. The molecule has 136 valence electrons. The van der Waals surface area contributed by atoms with E-state index in [1.165, 1.54) is 11.3 Å². The number of fused-ring (bicyclic) bond motifs is 1. The molecule has 5 nitrogen and oxygen atoms in total. The van der Waals surface area contributed by atoms with Crippen LogP contribution in [0.1, 0.15) is 48.5 Å². The summed E-state index contributed by atoms with van der Waals surface area (Å²) in [6.07, 6.45) is 5.08. The summed E-state index contributed by atoms with van der Waals surface area (Å²) in [4.78, 5) is 4.76. The fraction of sp³-hybridized carbons (Fsp3) is 0.429. The summed E-state index contributed by atoms with van der Waals surface area (Å²) in [5.41, 5.74) is 4.98. The number of nitrogens with zero attached hydrogens (tertiary/aromatic N) is 3. The highest BCUT2D eigenvalue weighted by Crippen LogP contribution is 2.28. The molecule has 3 aromatic rings. The smallest absolute Gasteiger partial charge is 0.146 e. The molecule has 1 aliphatic carbocycles. The van der Waals surface area contributed by atoms with Gasteiger partial charge in [0, 0.05) is 18.3 Å². The van der Waals surface area contributed by atoms with Crippen LogP contribution in [0, 0.1) is 19.3 Å². The van der Waals surface area contributed by atoms with Crippen LogP contribution in [0.15, 0.2) is 36.7 Å². The molecule has 1 fully saturated rings. The molecular formula is C21H26N4O. The van der Waals surface area contributed by atoms with Crippen molar-refractivity contribution in [3.63, 3.8) is 0 Å². The lowest BCUT2D eigenvalue weighted by molar-refractivity contribution is 0.109. The number of aliphatic hydroxyl groups is 1. The summed E-state index contributed by atoms with van der Waals surface area (Å²) in [5.74, 6) is 0. The lowest BCUT2D eigenvalue weighted by Crippen LogP contribution is -2.29. The first-order valence-electron chi connectivity index (χ1n) is 9.39. The predicted molar refractivity (Wildman–Crippen MR) is 102 cm³/mol. The molecule has 26 heavy (non-hydrogen) atoms. The Labute approximate surface area is 153 Å². The average molecular weight is 350 g/mol. The Balaban J connectivity index is 1.78. The van der Waals surface area contributed by atoms with E-state index in [0.29, 0.717) is 5.49 Å². The number of benzene rings is 1. The fourth-order valence-corrected chi connectivity index (χ4v) is 4.14. The number of aliphatic hydroxyl groups excluding tert-OH is 1. The molecule has 0 radical (unpaired) electrons. The topological polar surface area (TPSA) is 66.8 Å². The van der Waals surface area contributed by atoms with Crippen molar-refractivity contribution < 1.29 is 5.11 Å². The number of nitrogens with one attached hydrogen (secondary N) is 1. The van der Waals surface area contributed by atoms with Crippen LogP contribution in [0.25, 0.3) is 11.0 Å². The van der Waals surface area contributed by atoms with Gasteiger partial charge in [0.05, 0.1) is 17.8 Å². The zero-order valence-corrected chi connectivity index (χ0v) is 15.4. The van der Waals surface area contributed by atoms with Crippen molar-refractivity contribution in [3.8, 4) is 0 Å². The Morgan fingerprint density at radius 2 is 1.81 bits per heavy atom. The first-order valence-corrected chi connectivity index (χ1v) is 9.39. The summed E-state index contributed by atoms with van der Waals surface area (Å²) in [5, 5.41) is 19.5. The monoisotopic (exact) mass is 350 g/mol. The predicted octanol–water partition coefficient (Wildman–Crippen LogP) is 3.46. The Bertz CT molecular complexity index is 979. The first-order chi connectivity index (χ1) is 12.6. The van der Waals surface area contributed by atoms with Gasteiger partial charge in [-0.25, -0.2) is 4.98 Å². The van der Waals surface area contributed by atoms with E-state index in [9.17, 15) is 5.11 Å². The van der Waals surface area contributed by atoms with E-state index in [4.69, 9.17) is 10.4 Å². The second-order valence-electron chi connectivity index (χ2n) is 7.44. The van der Waals surface area contributed by atoms with Gasteiger partial charge in [0.15, 0.2) is 0 Å². The standard InChI is InChI=1S/C21H26N4O/c1-14-15(2)24(12-16-6-4-3-5-7-16)21-19(14)20(22)25(13-23-21)17-8-10-18(26)11-9-17/h3-7,13,17-18,22,26H,8-12H2,1-2H3. The van der Waals surface area contributed by atoms with Gasteiger partial charge in [-0.05, 0) is 50.7 Å². The summed E-state index contributed by atoms with van der Waals surface area (Å²) >= 11 is 0. The second kappa shape index (κ2) is 6.72. The third kappa shape index (κ3) is 2.86. The molecule has 1 aromatic carbocycles. The van der Waals surface area contributed by atoms with Crippen molar-refractivity contribution in [1.82, 2.24) is 14.1 Å². The van der Waals surface area contributed by atoms with Gasteiger partial charge in [0.1, 0.15) is 11.1 Å². The van der Waals surface area contributed by atoms with Crippen molar-refractivity contribution in [1.29, 1.82) is 5.41 Å². The van der Waals surface area contributed by atoms with Crippen molar-refractivity contribution in [3.05, 3.63) is 59.0 Å². The fourth-order valence-electron chi connectivity index (χ4n) is 4.14. The Hall–Kier alpha value is -2.40. The molecule has 0 atom stereocenters. The molecule has 1 saturated carbocycles. The largest absolute Gasteiger partial charge is 0.393 e. The maximum atomic E-state index is 9.76. The van der Waals surface area contributed by atoms with E-state index in [1.54, 1.807) is 0 Å². The maximum absolute atomic E-state index is 9.76. The summed E-state index contributed by atoms with van der Waals surface area (Å²) in [6, 6.07) is 10.6. The van der Waals surface area contributed by atoms with E-state index in [0.717, 1.165) is 48.8 Å². The molecule has 2 heterocycles. The third-order valence-corrected chi connectivity index (χ3v) is 5.84. The molecule has 4 rings (SSSR count). The summed E-state index contributed by atoms with van der Waals surface area (Å²) in [7, 11) is 0. The SMILES string of the molecule is Cc1c(C)n(Cc2ccccc2)c2ncn(C3CCC(O)CC3)c(=N)c12. The summed E-state index contributed by atoms with van der Waals surface area (Å²) in [6.45, 7) is 4.97. The minimum absolute atomic E-state index is 0.186. The average Bonchev–Trinajstić information content (AvgIpc) is 2.89. The first kappa shape index (κ1) is 17.0. The van der Waals surface area contributed by atoms with Crippen LogP contribution in [-0.2, 0) is 6.54 Å². The molecule has 5 heteroatoms. The highest BCUT2D eigenvalue weighted by atomic mass is 16.3. The van der Waals surface area contributed by atoms with Gasteiger partial charge in [0.25, 0.3) is 0 Å². The molecular weight excluding hydrogens is 324 g/mol. The van der Waals surface area contributed by atoms with Crippen LogP contribution >= 0.6 is 0 Å². The number of hydrogen-bond donors (Lipinski definition) is 2. The Morgan fingerprint density at radius 1 is 1.12 bits per heavy atom. The van der Waals surface area contributed by atoms with Crippen LogP contribution < -0.4 is 5.49 Å². The number of hydrogen-bond acceptors (Lipinski definition) is 3. The van der Waals surface area contributed by atoms with Gasteiger partial charge in [-0.3, -0.25) is 5.41 Å². The number of rotatable bonds is 3. The van der Waals surface area contributed by atoms with Gasteiger partial charge in [-0.15, -0.1) is 0 Å². The van der Waals surface area contributed by atoms with Gasteiger partial charge >= 0.3 is 0 Å². The molecule has 0 bridgehead atoms. The van der Waals surface area contributed by atoms with Crippen LogP contribution in [0.3, 0.4) is 0 Å². The Kier molecular flexibility index (Phi) is 4.41. The van der Waals surface area contributed by atoms with Gasteiger partial charge in [0.2, 0.25) is 0 Å². The van der Waals surface area contributed by atoms with E-state index < -0.39 is 0 Å². The van der Waals surface area contributed by atoms with E-state index in [2.05, 4.69) is 42.7 Å². The van der Waals surface area contributed by atoms with Crippen LogP contribution in [0.4, 0.5) is 0 Å². The molecule has 0 spiro atoms. The Morgan fingerprint density at radius 3 is 2.50 bits per heavy atom. The number of aromatic nitrogens is 3. The van der Waals surface area contributed by atoms with Crippen molar-refractivity contribution in [2.24, 2.45) is 0 Å². The van der Waals surface area contributed by atoms with Gasteiger partial charge in [-0.1, -0.05) is 30.3 Å².